The number of nitrogens with zero attached hydrogens (tertiary/aromatic N) is 3. The molecule has 0 saturated carbocycles. The van der Waals surface area contributed by atoms with Crippen LogP contribution in [0.15, 0.2) is 42.6 Å². The van der Waals surface area contributed by atoms with Crippen LogP contribution in [-0.2, 0) is 0 Å². The number of carbonyl (C=O) groups is 1. The van der Waals surface area contributed by atoms with Gasteiger partial charge in [0, 0.05) is 25.4 Å². The third-order valence-corrected chi connectivity index (χ3v) is 5.08. The van der Waals surface area contributed by atoms with Gasteiger partial charge in [-0.15, -0.1) is 0 Å². The molecule has 8 heteroatoms. The van der Waals surface area contributed by atoms with E-state index in [-0.39, 0.29) is 18.2 Å². The number of pyridine rings is 1. The number of anilines is 2. The van der Waals surface area contributed by atoms with Crippen molar-refractivity contribution in [1.29, 1.82) is 0 Å². The van der Waals surface area contributed by atoms with Crippen LogP contribution >= 0.6 is 0 Å². The number of aromatic amines is 1. The highest BCUT2D eigenvalue weighted by Gasteiger charge is 2.21. The molecule has 2 aromatic heterocycles. The fourth-order valence-corrected chi connectivity index (χ4v) is 3.46. The van der Waals surface area contributed by atoms with Gasteiger partial charge in [0.05, 0.1) is 23.0 Å². The summed E-state index contributed by atoms with van der Waals surface area (Å²) in [5, 5.41) is 23.7. The molecule has 1 aliphatic heterocycles. The zero-order chi connectivity index (χ0) is 19.5. The predicted octanol–water partition coefficient (Wildman–Crippen LogP) is 2.80. The van der Waals surface area contributed by atoms with Gasteiger partial charge in [-0.3, -0.25) is 10.4 Å². The minimum atomic E-state index is -0.312. The second-order valence-electron chi connectivity index (χ2n) is 7.11. The SMILES string of the molecule is CC(NC(=O)Nc1cc2[nH]nc(N3CCC(O)CC3)c2cn1)c1ccccc1. The van der Waals surface area contributed by atoms with Gasteiger partial charge in [0.1, 0.15) is 5.82 Å². The number of piperidine rings is 1. The van der Waals surface area contributed by atoms with Crippen molar-refractivity contribution in [2.24, 2.45) is 0 Å². The molecule has 1 atom stereocenters. The summed E-state index contributed by atoms with van der Waals surface area (Å²) in [6, 6.07) is 11.1. The molecule has 3 aromatic rings. The normalized spacial score (nSPS) is 16.1. The molecule has 1 aromatic carbocycles. The molecule has 8 nitrogen and oxygen atoms in total. The molecule has 3 heterocycles. The Hall–Kier alpha value is -3.13. The molecule has 1 fully saturated rings. The lowest BCUT2D eigenvalue weighted by atomic mass is 10.1. The van der Waals surface area contributed by atoms with Gasteiger partial charge in [-0.25, -0.2) is 9.78 Å². The lowest BCUT2D eigenvalue weighted by Crippen LogP contribution is -2.36. The summed E-state index contributed by atoms with van der Waals surface area (Å²) < 4.78 is 0. The van der Waals surface area contributed by atoms with Gasteiger partial charge in [0.25, 0.3) is 0 Å². The summed E-state index contributed by atoms with van der Waals surface area (Å²) in [6.07, 6.45) is 2.96. The third kappa shape index (κ3) is 3.91. The number of urea groups is 1. The zero-order valence-electron chi connectivity index (χ0n) is 15.7. The van der Waals surface area contributed by atoms with Crippen LogP contribution in [0, 0.1) is 0 Å². The van der Waals surface area contributed by atoms with Crippen molar-refractivity contribution >= 4 is 28.6 Å². The van der Waals surface area contributed by atoms with E-state index in [0.29, 0.717) is 5.82 Å². The number of aromatic nitrogens is 3. The standard InChI is InChI=1S/C20H24N6O2/c1-13(14-5-3-2-4-6-14)22-20(28)23-18-11-17-16(12-21-18)19(25-24-17)26-9-7-15(27)8-10-26/h2-6,11-13,15,27H,7-10H2,1H3,(H,24,25)(H2,21,22,23,28). The Morgan fingerprint density at radius 3 is 2.79 bits per heavy atom. The number of rotatable bonds is 4. The van der Waals surface area contributed by atoms with E-state index in [1.54, 1.807) is 12.3 Å². The minimum absolute atomic E-state index is 0.113. The number of hydrogen-bond donors (Lipinski definition) is 4. The molecule has 4 rings (SSSR count). The van der Waals surface area contributed by atoms with E-state index in [1.165, 1.54) is 0 Å². The van der Waals surface area contributed by atoms with E-state index in [2.05, 4.69) is 30.7 Å². The largest absolute Gasteiger partial charge is 0.393 e. The lowest BCUT2D eigenvalue weighted by molar-refractivity contribution is 0.145. The smallest absolute Gasteiger partial charge is 0.320 e. The van der Waals surface area contributed by atoms with Gasteiger partial charge in [-0.05, 0) is 25.3 Å². The first kappa shape index (κ1) is 18.2. The summed E-state index contributed by atoms with van der Waals surface area (Å²) in [5.74, 6) is 1.29. The fraction of sp³-hybridized carbons (Fsp3) is 0.350. The van der Waals surface area contributed by atoms with Crippen molar-refractivity contribution in [3.8, 4) is 0 Å². The first-order chi connectivity index (χ1) is 13.6. The first-order valence-electron chi connectivity index (χ1n) is 9.50. The van der Waals surface area contributed by atoms with Crippen LogP contribution in [0.5, 0.6) is 0 Å². The number of hydrogen-bond acceptors (Lipinski definition) is 5. The van der Waals surface area contributed by atoms with E-state index in [4.69, 9.17) is 0 Å². The minimum Gasteiger partial charge on any atom is -0.393 e. The van der Waals surface area contributed by atoms with Crippen molar-refractivity contribution in [2.45, 2.75) is 31.9 Å². The number of carbonyl (C=O) groups excluding carboxylic acids is 1. The maximum absolute atomic E-state index is 12.3. The van der Waals surface area contributed by atoms with Gasteiger partial charge in [0.2, 0.25) is 0 Å². The van der Waals surface area contributed by atoms with Gasteiger partial charge in [-0.2, -0.15) is 5.10 Å². The molecule has 146 valence electrons. The molecule has 0 radical (unpaired) electrons. The molecule has 1 aliphatic rings. The maximum Gasteiger partial charge on any atom is 0.320 e. The molecule has 2 amide bonds. The Labute approximate surface area is 163 Å². The topological polar surface area (TPSA) is 106 Å². The van der Waals surface area contributed by atoms with Crippen LogP contribution in [0.1, 0.15) is 31.4 Å². The number of nitrogens with one attached hydrogen (secondary N) is 3. The van der Waals surface area contributed by atoms with E-state index >= 15 is 0 Å². The van der Waals surface area contributed by atoms with Crippen LogP contribution in [0.3, 0.4) is 0 Å². The van der Waals surface area contributed by atoms with Crippen LogP contribution in [0.2, 0.25) is 0 Å². The highest BCUT2D eigenvalue weighted by Crippen LogP contribution is 2.27. The van der Waals surface area contributed by atoms with Gasteiger partial charge in [-0.1, -0.05) is 30.3 Å². The average molecular weight is 380 g/mol. The molecular formula is C20H24N6O2. The third-order valence-electron chi connectivity index (χ3n) is 5.08. The van der Waals surface area contributed by atoms with Crippen LogP contribution < -0.4 is 15.5 Å². The highest BCUT2D eigenvalue weighted by molar-refractivity contribution is 5.94. The van der Waals surface area contributed by atoms with E-state index in [1.807, 2.05) is 37.3 Å². The van der Waals surface area contributed by atoms with Crippen molar-refractivity contribution in [2.75, 3.05) is 23.3 Å². The summed E-state index contributed by atoms with van der Waals surface area (Å²) in [5.41, 5.74) is 1.84. The lowest BCUT2D eigenvalue weighted by Gasteiger charge is -2.29. The number of H-pyrrole nitrogens is 1. The highest BCUT2D eigenvalue weighted by atomic mass is 16.3. The number of amides is 2. The van der Waals surface area contributed by atoms with Crippen LogP contribution in [0.25, 0.3) is 10.9 Å². The second kappa shape index (κ2) is 7.85. The van der Waals surface area contributed by atoms with Crippen molar-refractivity contribution in [3.05, 3.63) is 48.2 Å². The maximum atomic E-state index is 12.3. The van der Waals surface area contributed by atoms with Crippen molar-refractivity contribution in [3.63, 3.8) is 0 Å². The predicted molar refractivity (Wildman–Crippen MR) is 108 cm³/mol. The Morgan fingerprint density at radius 1 is 1.29 bits per heavy atom. The Balaban J connectivity index is 1.43. The molecule has 0 bridgehead atoms. The number of aliphatic hydroxyl groups excluding tert-OH is 1. The molecular weight excluding hydrogens is 356 g/mol. The second-order valence-corrected chi connectivity index (χ2v) is 7.11. The molecule has 28 heavy (non-hydrogen) atoms. The number of aliphatic hydroxyl groups is 1. The summed E-state index contributed by atoms with van der Waals surface area (Å²) >= 11 is 0. The Kier molecular flexibility index (Phi) is 5.12. The molecule has 0 spiro atoms. The van der Waals surface area contributed by atoms with Crippen LogP contribution in [-0.4, -0.2) is 45.5 Å². The van der Waals surface area contributed by atoms with E-state index in [0.717, 1.165) is 48.2 Å². The fourth-order valence-electron chi connectivity index (χ4n) is 3.46. The van der Waals surface area contributed by atoms with E-state index in [9.17, 15) is 9.90 Å². The van der Waals surface area contributed by atoms with Gasteiger partial charge in [0.15, 0.2) is 5.82 Å². The zero-order valence-corrected chi connectivity index (χ0v) is 15.7. The van der Waals surface area contributed by atoms with Crippen molar-refractivity contribution < 1.29 is 9.90 Å². The molecule has 0 aliphatic carbocycles. The van der Waals surface area contributed by atoms with E-state index < -0.39 is 0 Å². The quantitative estimate of drug-likeness (QED) is 0.557. The summed E-state index contributed by atoms with van der Waals surface area (Å²) in [7, 11) is 0. The Morgan fingerprint density at radius 2 is 2.04 bits per heavy atom. The number of fused-ring (bicyclic) bond motifs is 1. The average Bonchev–Trinajstić information content (AvgIpc) is 3.12. The summed E-state index contributed by atoms with van der Waals surface area (Å²) in [4.78, 5) is 18.8. The molecule has 1 unspecified atom stereocenters. The van der Waals surface area contributed by atoms with Gasteiger partial charge < -0.3 is 15.3 Å². The first-order valence-corrected chi connectivity index (χ1v) is 9.50. The van der Waals surface area contributed by atoms with Crippen LogP contribution in [0.4, 0.5) is 16.4 Å². The van der Waals surface area contributed by atoms with Gasteiger partial charge >= 0.3 is 6.03 Å². The number of benzene rings is 1. The Bertz CT molecular complexity index is 950. The monoisotopic (exact) mass is 380 g/mol. The van der Waals surface area contributed by atoms with Crippen molar-refractivity contribution in [1.82, 2.24) is 20.5 Å². The summed E-state index contributed by atoms with van der Waals surface area (Å²) in [6.45, 7) is 3.46. The molecule has 1 saturated heterocycles. The molecule has 4 N–H and O–H groups in total.